The van der Waals surface area contributed by atoms with Crippen molar-refractivity contribution in [1.82, 2.24) is 9.78 Å². The molecule has 27 heavy (non-hydrogen) atoms. The monoisotopic (exact) mass is 385 g/mol. The van der Waals surface area contributed by atoms with E-state index in [4.69, 9.17) is 11.6 Å². The van der Waals surface area contributed by atoms with Crippen LogP contribution in [0.1, 0.15) is 12.8 Å². The first-order chi connectivity index (χ1) is 13.0. The predicted molar refractivity (Wildman–Crippen MR) is 103 cm³/mol. The summed E-state index contributed by atoms with van der Waals surface area (Å²) in [5.74, 6) is -0.662. The van der Waals surface area contributed by atoms with Gasteiger partial charge in [-0.25, -0.2) is 9.07 Å². The van der Waals surface area contributed by atoms with Gasteiger partial charge >= 0.3 is 0 Å². The Kier molecular flexibility index (Phi) is 5.98. The minimum atomic E-state index is -0.414. The molecule has 7 heteroatoms. The molecule has 0 spiro atoms. The largest absolute Gasteiger partial charge is 0.326 e. The van der Waals surface area contributed by atoms with Crippen LogP contribution in [0.3, 0.4) is 0 Å². The lowest BCUT2D eigenvalue weighted by atomic mass is 10.1. The Hall–Kier alpha value is -2.99. The van der Waals surface area contributed by atoms with Crippen molar-refractivity contribution in [3.63, 3.8) is 0 Å². The number of nitrogens with one attached hydrogen (secondary N) is 1. The van der Waals surface area contributed by atoms with E-state index in [1.165, 1.54) is 28.9 Å². The second-order valence-electron chi connectivity index (χ2n) is 5.95. The zero-order valence-corrected chi connectivity index (χ0v) is 15.1. The lowest BCUT2D eigenvalue weighted by Crippen LogP contribution is -2.23. The number of rotatable bonds is 6. The molecule has 0 fully saturated rings. The van der Waals surface area contributed by atoms with Gasteiger partial charge in [-0.2, -0.15) is 5.10 Å². The Morgan fingerprint density at radius 1 is 1.11 bits per heavy atom. The molecule has 1 N–H and O–H groups in total. The third-order valence-corrected chi connectivity index (χ3v) is 4.14. The van der Waals surface area contributed by atoms with Crippen LogP contribution < -0.4 is 10.9 Å². The summed E-state index contributed by atoms with van der Waals surface area (Å²) in [6.07, 6.45) is 0.619. The van der Waals surface area contributed by atoms with Crippen molar-refractivity contribution in [2.75, 3.05) is 5.32 Å². The van der Waals surface area contributed by atoms with E-state index in [9.17, 15) is 14.0 Å². The molecule has 1 heterocycles. The summed E-state index contributed by atoms with van der Waals surface area (Å²) in [5, 5.41) is 7.59. The van der Waals surface area contributed by atoms with E-state index >= 15 is 0 Å². The molecule has 3 rings (SSSR count). The number of hydrogen-bond donors (Lipinski definition) is 1. The van der Waals surface area contributed by atoms with Crippen LogP contribution in [-0.2, 0) is 11.3 Å². The van der Waals surface area contributed by atoms with Gasteiger partial charge in [0.2, 0.25) is 5.91 Å². The molecule has 0 saturated carbocycles. The van der Waals surface area contributed by atoms with E-state index in [1.54, 1.807) is 24.3 Å². The smallest absolute Gasteiger partial charge is 0.266 e. The highest BCUT2D eigenvalue weighted by Gasteiger charge is 2.06. The highest BCUT2D eigenvalue weighted by Crippen LogP contribution is 2.18. The summed E-state index contributed by atoms with van der Waals surface area (Å²) >= 11 is 5.89. The van der Waals surface area contributed by atoms with Gasteiger partial charge < -0.3 is 5.32 Å². The number of nitrogens with zero attached hydrogens (tertiary/aromatic N) is 2. The molecule has 1 amide bonds. The molecular formula is C20H17ClFN3O2. The molecule has 0 saturated heterocycles. The van der Waals surface area contributed by atoms with Crippen LogP contribution in [0.15, 0.2) is 65.5 Å². The van der Waals surface area contributed by atoms with E-state index in [0.717, 1.165) is 5.56 Å². The molecule has 2 aromatic carbocycles. The molecule has 0 aliphatic rings. The fourth-order valence-electron chi connectivity index (χ4n) is 2.56. The molecule has 0 unspecified atom stereocenters. The first kappa shape index (κ1) is 18.8. The van der Waals surface area contributed by atoms with Gasteiger partial charge in [-0.3, -0.25) is 9.59 Å². The third kappa shape index (κ3) is 5.24. The van der Waals surface area contributed by atoms with Gasteiger partial charge in [-0.1, -0.05) is 29.8 Å². The zero-order chi connectivity index (χ0) is 19.2. The maximum absolute atomic E-state index is 13.1. The number of halogens is 2. The summed E-state index contributed by atoms with van der Waals surface area (Å²) in [6, 6.07) is 16.0. The maximum atomic E-state index is 13.1. The van der Waals surface area contributed by atoms with E-state index < -0.39 is 5.82 Å². The SMILES string of the molecule is O=C(CCCn1nc(-c2ccc(Cl)cc2)ccc1=O)Nc1cccc(F)c1. The van der Waals surface area contributed by atoms with Crippen LogP contribution >= 0.6 is 11.6 Å². The third-order valence-electron chi connectivity index (χ3n) is 3.89. The van der Waals surface area contributed by atoms with Crippen LogP contribution in [0.4, 0.5) is 10.1 Å². The first-order valence-corrected chi connectivity index (χ1v) is 8.78. The van der Waals surface area contributed by atoms with Crippen LogP contribution in [-0.4, -0.2) is 15.7 Å². The van der Waals surface area contributed by atoms with Crippen molar-refractivity contribution in [2.45, 2.75) is 19.4 Å². The van der Waals surface area contributed by atoms with Gasteiger partial charge in [0, 0.05) is 35.3 Å². The van der Waals surface area contributed by atoms with Gasteiger partial charge in [0.1, 0.15) is 5.82 Å². The molecule has 0 atom stereocenters. The van der Waals surface area contributed by atoms with Crippen molar-refractivity contribution in [3.8, 4) is 11.3 Å². The van der Waals surface area contributed by atoms with Crippen molar-refractivity contribution < 1.29 is 9.18 Å². The minimum Gasteiger partial charge on any atom is -0.326 e. The minimum absolute atomic E-state index is 0.190. The number of carbonyl (C=O) groups is 1. The van der Waals surface area contributed by atoms with Crippen molar-refractivity contribution in [1.29, 1.82) is 0 Å². The lowest BCUT2D eigenvalue weighted by molar-refractivity contribution is -0.116. The molecular weight excluding hydrogens is 369 g/mol. The number of benzene rings is 2. The standard InChI is InChI=1S/C20H17ClFN3O2/c21-15-8-6-14(7-9-15)18-10-11-20(27)25(24-18)12-2-5-19(26)23-17-4-1-3-16(22)13-17/h1,3-4,6-11,13H,2,5,12H2,(H,23,26). The Morgan fingerprint density at radius 3 is 2.63 bits per heavy atom. The molecule has 5 nitrogen and oxygen atoms in total. The topological polar surface area (TPSA) is 64.0 Å². The second-order valence-corrected chi connectivity index (χ2v) is 6.39. The van der Waals surface area contributed by atoms with Crippen molar-refractivity contribution in [3.05, 3.63) is 81.9 Å². The Balaban J connectivity index is 1.60. The van der Waals surface area contributed by atoms with Crippen LogP contribution in [0, 0.1) is 5.82 Å². The Bertz CT molecular complexity index is 1000. The summed E-state index contributed by atoms with van der Waals surface area (Å²) in [7, 11) is 0. The summed E-state index contributed by atoms with van der Waals surface area (Å²) in [6.45, 7) is 0.302. The van der Waals surface area contributed by atoms with E-state index in [0.29, 0.717) is 29.4 Å². The summed E-state index contributed by atoms with van der Waals surface area (Å²) < 4.78 is 14.5. The Morgan fingerprint density at radius 2 is 1.89 bits per heavy atom. The molecule has 0 bridgehead atoms. The van der Waals surface area contributed by atoms with Crippen LogP contribution in [0.5, 0.6) is 0 Å². The van der Waals surface area contributed by atoms with Gasteiger partial charge in [-0.05, 0) is 42.8 Å². The Labute approximate surface area is 160 Å². The average molecular weight is 386 g/mol. The van der Waals surface area contributed by atoms with Gasteiger partial charge in [0.25, 0.3) is 5.56 Å². The normalized spacial score (nSPS) is 10.6. The van der Waals surface area contributed by atoms with Crippen molar-refractivity contribution in [2.24, 2.45) is 0 Å². The molecule has 1 aromatic heterocycles. The quantitative estimate of drug-likeness (QED) is 0.694. The highest BCUT2D eigenvalue weighted by molar-refractivity contribution is 6.30. The zero-order valence-electron chi connectivity index (χ0n) is 14.4. The highest BCUT2D eigenvalue weighted by atomic mass is 35.5. The van der Waals surface area contributed by atoms with Gasteiger partial charge in [0.05, 0.1) is 5.69 Å². The summed E-state index contributed by atoms with van der Waals surface area (Å²) in [5.41, 5.74) is 1.66. The maximum Gasteiger partial charge on any atom is 0.266 e. The van der Waals surface area contributed by atoms with Gasteiger partial charge in [0.15, 0.2) is 0 Å². The van der Waals surface area contributed by atoms with Crippen LogP contribution in [0.25, 0.3) is 11.3 Å². The predicted octanol–water partition coefficient (Wildman–Crippen LogP) is 4.12. The molecule has 138 valence electrons. The fraction of sp³-hybridized carbons (Fsp3) is 0.150. The average Bonchev–Trinajstić information content (AvgIpc) is 2.64. The molecule has 3 aromatic rings. The summed E-state index contributed by atoms with van der Waals surface area (Å²) in [4.78, 5) is 24.0. The van der Waals surface area contributed by atoms with Crippen molar-refractivity contribution >= 4 is 23.2 Å². The number of hydrogen-bond acceptors (Lipinski definition) is 3. The number of aromatic nitrogens is 2. The van der Waals surface area contributed by atoms with E-state index in [2.05, 4.69) is 10.4 Å². The molecule has 0 aliphatic heterocycles. The van der Waals surface area contributed by atoms with Gasteiger partial charge in [-0.15, -0.1) is 0 Å². The lowest BCUT2D eigenvalue weighted by Gasteiger charge is -2.08. The molecule has 0 radical (unpaired) electrons. The number of anilines is 1. The number of carbonyl (C=O) groups excluding carboxylic acids is 1. The van der Waals surface area contributed by atoms with E-state index in [-0.39, 0.29) is 17.9 Å². The number of amides is 1. The second kappa shape index (κ2) is 8.60. The fourth-order valence-corrected chi connectivity index (χ4v) is 2.69. The first-order valence-electron chi connectivity index (χ1n) is 8.41. The number of aryl methyl sites for hydroxylation is 1. The van der Waals surface area contributed by atoms with Crippen LogP contribution in [0.2, 0.25) is 5.02 Å². The van der Waals surface area contributed by atoms with E-state index in [1.807, 2.05) is 12.1 Å². The molecule has 0 aliphatic carbocycles.